The van der Waals surface area contributed by atoms with E-state index in [9.17, 15) is 0 Å². The molecule has 0 fully saturated rings. The molecular formula is C4H9O3Si. The molecule has 0 spiro atoms. The molecule has 3 nitrogen and oxygen atoms in total. The number of ether oxygens (including phenoxy) is 2. The molecule has 0 N–H and O–H groups in total. The van der Waals surface area contributed by atoms with Crippen LogP contribution in [0.3, 0.4) is 0 Å². The molecule has 0 aromatic heterocycles. The van der Waals surface area contributed by atoms with E-state index in [1.54, 1.807) is 14.2 Å². The molecule has 8 heavy (non-hydrogen) atoms. The number of methoxy groups -OCH3 is 2. The Morgan fingerprint density at radius 3 is 2.00 bits per heavy atom. The van der Waals surface area contributed by atoms with Crippen molar-refractivity contribution in [2.75, 3.05) is 20.8 Å². The fraction of sp³-hybridized carbons (Fsp3) is 1.00. The highest BCUT2D eigenvalue weighted by atomic mass is 28.2. The van der Waals surface area contributed by atoms with Gasteiger partial charge in [-0.05, 0) is 0 Å². The Hall–Kier alpha value is 0.0969. The van der Waals surface area contributed by atoms with Gasteiger partial charge in [0.25, 0.3) is 0 Å². The number of hydrogen-bond acceptors (Lipinski definition) is 3. The van der Waals surface area contributed by atoms with Gasteiger partial charge in [0.1, 0.15) is 0 Å². The molecule has 0 aliphatic rings. The SMILES string of the molecule is COC(CO[Si])OC. The second-order valence-electron chi connectivity index (χ2n) is 1.21. The average Bonchev–Trinajstić information content (AvgIpc) is 1.83. The topological polar surface area (TPSA) is 27.7 Å². The van der Waals surface area contributed by atoms with Crippen LogP contribution in [0.5, 0.6) is 0 Å². The Morgan fingerprint density at radius 1 is 1.38 bits per heavy atom. The molecule has 0 aliphatic carbocycles. The lowest BCUT2D eigenvalue weighted by Gasteiger charge is -2.10. The van der Waals surface area contributed by atoms with Crippen molar-refractivity contribution in [1.29, 1.82) is 0 Å². The summed E-state index contributed by atoms with van der Waals surface area (Å²) >= 11 is 0. The van der Waals surface area contributed by atoms with Gasteiger partial charge in [-0.2, -0.15) is 0 Å². The summed E-state index contributed by atoms with van der Waals surface area (Å²) in [6.45, 7) is 0.393. The summed E-state index contributed by atoms with van der Waals surface area (Å²) in [4.78, 5) is 0. The number of rotatable bonds is 4. The highest BCUT2D eigenvalue weighted by Crippen LogP contribution is 1.88. The molecule has 0 rings (SSSR count). The van der Waals surface area contributed by atoms with Crippen molar-refractivity contribution in [2.24, 2.45) is 0 Å². The largest absolute Gasteiger partial charge is 0.413 e. The van der Waals surface area contributed by atoms with E-state index >= 15 is 0 Å². The lowest BCUT2D eigenvalue weighted by Crippen LogP contribution is -2.19. The van der Waals surface area contributed by atoms with Crippen molar-refractivity contribution < 1.29 is 13.9 Å². The molecule has 4 heteroatoms. The Kier molecular flexibility index (Phi) is 5.30. The molecule has 0 heterocycles. The van der Waals surface area contributed by atoms with Crippen LogP contribution < -0.4 is 0 Å². The molecule has 0 amide bonds. The molecule has 3 radical (unpaired) electrons. The Bertz CT molecular complexity index is 46.5. The fourth-order valence-corrected chi connectivity index (χ4v) is 0.436. The Balaban J connectivity index is 3.07. The summed E-state index contributed by atoms with van der Waals surface area (Å²) in [6, 6.07) is 0. The van der Waals surface area contributed by atoms with E-state index in [4.69, 9.17) is 9.47 Å². The highest BCUT2D eigenvalue weighted by Gasteiger charge is 2.00. The summed E-state index contributed by atoms with van der Waals surface area (Å²) in [7, 11) is 5.92. The minimum atomic E-state index is -0.271. The van der Waals surface area contributed by atoms with Crippen LogP contribution in [0, 0.1) is 0 Å². The van der Waals surface area contributed by atoms with E-state index in [-0.39, 0.29) is 6.29 Å². The minimum absolute atomic E-state index is 0.271. The van der Waals surface area contributed by atoms with Crippen molar-refractivity contribution in [3.8, 4) is 0 Å². The van der Waals surface area contributed by atoms with Crippen molar-refractivity contribution in [1.82, 2.24) is 0 Å². The van der Waals surface area contributed by atoms with Crippen molar-refractivity contribution in [3.63, 3.8) is 0 Å². The van der Waals surface area contributed by atoms with Crippen LogP contribution in [0.4, 0.5) is 0 Å². The van der Waals surface area contributed by atoms with E-state index < -0.39 is 0 Å². The predicted octanol–water partition coefficient (Wildman–Crippen LogP) is -0.295. The Morgan fingerprint density at radius 2 is 1.88 bits per heavy atom. The molecule has 0 atom stereocenters. The van der Waals surface area contributed by atoms with Crippen LogP contribution in [0.15, 0.2) is 0 Å². The van der Waals surface area contributed by atoms with Crippen molar-refractivity contribution in [3.05, 3.63) is 0 Å². The van der Waals surface area contributed by atoms with Gasteiger partial charge < -0.3 is 13.9 Å². The lowest BCUT2D eigenvalue weighted by atomic mass is 10.7. The standard InChI is InChI=1S/C4H9O3Si/c1-5-4(6-2)3-7-8/h4H,3H2,1-2H3. The van der Waals surface area contributed by atoms with Gasteiger partial charge in [-0.15, -0.1) is 0 Å². The zero-order valence-corrected chi connectivity index (χ0v) is 6.01. The third-order valence-electron chi connectivity index (χ3n) is 0.745. The van der Waals surface area contributed by atoms with Crippen LogP contribution in [-0.2, 0) is 13.9 Å². The predicted molar refractivity (Wildman–Crippen MR) is 29.5 cm³/mol. The monoisotopic (exact) mass is 133 g/mol. The van der Waals surface area contributed by atoms with Crippen molar-refractivity contribution in [2.45, 2.75) is 6.29 Å². The zero-order chi connectivity index (χ0) is 6.41. The second kappa shape index (κ2) is 5.24. The molecule has 0 aromatic rings. The smallest absolute Gasteiger partial charge is 0.246 e. The maximum absolute atomic E-state index is 4.76. The van der Waals surface area contributed by atoms with Crippen LogP contribution in [0.2, 0.25) is 0 Å². The first kappa shape index (κ1) is 8.10. The van der Waals surface area contributed by atoms with E-state index in [1.807, 2.05) is 0 Å². The minimum Gasteiger partial charge on any atom is -0.413 e. The van der Waals surface area contributed by atoms with E-state index in [0.29, 0.717) is 6.61 Å². The molecule has 0 aromatic carbocycles. The summed E-state index contributed by atoms with van der Waals surface area (Å²) in [6.07, 6.45) is -0.271. The zero-order valence-electron chi connectivity index (χ0n) is 5.01. The average molecular weight is 133 g/mol. The van der Waals surface area contributed by atoms with Gasteiger partial charge in [0.15, 0.2) is 6.29 Å². The molecule has 0 saturated heterocycles. The van der Waals surface area contributed by atoms with E-state index in [2.05, 4.69) is 14.9 Å². The first-order chi connectivity index (χ1) is 3.85. The summed E-state index contributed by atoms with van der Waals surface area (Å²) in [5.74, 6) is 0. The van der Waals surface area contributed by atoms with Gasteiger partial charge in [-0.1, -0.05) is 0 Å². The number of hydrogen-bond donors (Lipinski definition) is 0. The lowest BCUT2D eigenvalue weighted by molar-refractivity contribution is -0.121. The Labute approximate surface area is 52.5 Å². The second-order valence-corrected chi connectivity index (χ2v) is 1.50. The van der Waals surface area contributed by atoms with Crippen molar-refractivity contribution >= 4 is 10.5 Å². The molecule has 0 unspecified atom stereocenters. The summed E-state index contributed by atoms with van der Waals surface area (Å²) in [5.41, 5.74) is 0. The molecule has 0 bridgehead atoms. The van der Waals surface area contributed by atoms with Gasteiger partial charge >= 0.3 is 0 Å². The van der Waals surface area contributed by atoms with Gasteiger partial charge in [0, 0.05) is 14.2 Å². The maximum Gasteiger partial charge on any atom is 0.246 e. The van der Waals surface area contributed by atoms with Crippen LogP contribution in [0.1, 0.15) is 0 Å². The van der Waals surface area contributed by atoms with Gasteiger partial charge in [-0.3, -0.25) is 0 Å². The van der Waals surface area contributed by atoms with E-state index in [1.165, 1.54) is 0 Å². The molecule has 47 valence electrons. The van der Waals surface area contributed by atoms with Gasteiger partial charge in [-0.25, -0.2) is 0 Å². The van der Waals surface area contributed by atoms with Gasteiger partial charge in [0.2, 0.25) is 10.5 Å². The van der Waals surface area contributed by atoms with Crippen LogP contribution >= 0.6 is 0 Å². The third-order valence-corrected chi connectivity index (χ3v) is 0.912. The van der Waals surface area contributed by atoms with E-state index in [0.717, 1.165) is 0 Å². The first-order valence-electron chi connectivity index (χ1n) is 2.19. The molecular weight excluding hydrogens is 124 g/mol. The van der Waals surface area contributed by atoms with Crippen LogP contribution in [-0.4, -0.2) is 37.6 Å². The molecule has 0 aliphatic heterocycles. The third kappa shape index (κ3) is 3.14. The van der Waals surface area contributed by atoms with Crippen LogP contribution in [0.25, 0.3) is 0 Å². The maximum atomic E-state index is 4.76. The van der Waals surface area contributed by atoms with Gasteiger partial charge in [0.05, 0.1) is 6.61 Å². The quantitative estimate of drug-likeness (QED) is 0.389. The molecule has 0 saturated carbocycles. The highest BCUT2D eigenvalue weighted by molar-refractivity contribution is 5.97. The summed E-state index contributed by atoms with van der Waals surface area (Å²) in [5, 5.41) is 0. The normalized spacial score (nSPS) is 10.5. The first-order valence-corrected chi connectivity index (χ1v) is 2.60. The summed E-state index contributed by atoms with van der Waals surface area (Å²) < 4.78 is 14.1. The fourth-order valence-electron chi connectivity index (χ4n) is 0.300.